The zero-order chi connectivity index (χ0) is 36.7. The number of rotatable bonds is 4. The molecule has 0 bridgehead atoms. The van der Waals surface area contributed by atoms with Crippen molar-refractivity contribution in [3.8, 4) is 22.3 Å². The van der Waals surface area contributed by atoms with Crippen molar-refractivity contribution in [3.63, 3.8) is 0 Å². The molecule has 54 heavy (non-hydrogen) atoms. The van der Waals surface area contributed by atoms with E-state index < -0.39 is 0 Å². The summed E-state index contributed by atoms with van der Waals surface area (Å²) < 4.78 is 1.46. The van der Waals surface area contributed by atoms with Crippen molar-refractivity contribution in [3.05, 3.63) is 198 Å². The fourth-order valence-corrected chi connectivity index (χ4v) is 7.97. The van der Waals surface area contributed by atoms with Crippen molar-refractivity contribution in [2.75, 3.05) is 0 Å². The second-order valence-electron chi connectivity index (χ2n) is 15.5. The van der Waals surface area contributed by atoms with Crippen LogP contribution in [0.4, 0.5) is 0 Å². The fourth-order valence-electron chi connectivity index (χ4n) is 6.78. The van der Waals surface area contributed by atoms with Crippen molar-refractivity contribution in [1.82, 2.24) is 0 Å². The minimum atomic E-state index is 0. The maximum absolute atomic E-state index is 2.99. The third kappa shape index (κ3) is 10.4. The van der Waals surface area contributed by atoms with Gasteiger partial charge in [0.15, 0.2) is 0 Å². The fraction of sp³-hybridized carbons (Fsp3) is 0.176. The summed E-state index contributed by atoms with van der Waals surface area (Å²) in [5.74, 6) is 0. The summed E-state index contributed by atoms with van der Waals surface area (Å²) >= 11 is 1.08. The molecule has 0 heterocycles. The van der Waals surface area contributed by atoms with Crippen LogP contribution < -0.4 is 24.8 Å². The van der Waals surface area contributed by atoms with E-state index in [1.165, 1.54) is 69.3 Å². The molecule has 7 aromatic carbocycles. The summed E-state index contributed by atoms with van der Waals surface area (Å²) in [5.41, 5.74) is 10.9. The number of hydrogen-bond acceptors (Lipinski definition) is 0. The van der Waals surface area contributed by atoms with Crippen LogP contribution >= 0.6 is 0 Å². The van der Waals surface area contributed by atoms with Crippen LogP contribution in [-0.4, -0.2) is 3.26 Å². The second-order valence-corrected chi connectivity index (χ2v) is 17.3. The summed E-state index contributed by atoms with van der Waals surface area (Å²) in [6.45, 7) is 13.9. The zero-order valence-corrected chi connectivity index (χ0v) is 37.2. The van der Waals surface area contributed by atoms with Crippen LogP contribution in [0.25, 0.3) is 43.8 Å². The normalized spacial score (nSPS) is 11.9. The molecule has 0 unspecified atom stereocenters. The average molecular weight is 910 g/mol. The number of benzene rings is 6. The van der Waals surface area contributed by atoms with Crippen LogP contribution in [0, 0.1) is 6.08 Å². The molecule has 0 saturated carbocycles. The molecule has 0 fully saturated rings. The van der Waals surface area contributed by atoms with Gasteiger partial charge in [-0.05, 0) is 44.2 Å². The first-order valence-electron chi connectivity index (χ1n) is 18.2. The molecule has 1 aliphatic rings. The molecular weight excluding hydrogens is 862 g/mol. The molecule has 0 radical (unpaired) electrons. The van der Waals surface area contributed by atoms with Crippen LogP contribution in [0.15, 0.2) is 170 Å². The molecule has 8 rings (SSSR count). The minimum absolute atomic E-state index is 0. The molecule has 0 aliphatic heterocycles. The Morgan fingerprint density at radius 1 is 0.537 bits per heavy atom. The molecule has 1 aliphatic carbocycles. The van der Waals surface area contributed by atoms with Crippen molar-refractivity contribution in [1.29, 1.82) is 0 Å². The Kier molecular flexibility index (Phi) is 15.1. The molecule has 0 nitrogen and oxygen atoms in total. The van der Waals surface area contributed by atoms with Gasteiger partial charge >= 0.3 is 98.9 Å². The Morgan fingerprint density at radius 2 is 0.907 bits per heavy atom. The van der Waals surface area contributed by atoms with Gasteiger partial charge in [0.2, 0.25) is 0 Å². The second kappa shape index (κ2) is 19.0. The van der Waals surface area contributed by atoms with Gasteiger partial charge in [-0.3, -0.25) is 6.08 Å². The monoisotopic (exact) mass is 910 g/mol. The Bertz CT molecular complexity index is 2160. The zero-order valence-electron chi connectivity index (χ0n) is 32.1. The summed E-state index contributed by atoms with van der Waals surface area (Å²) in [4.78, 5) is 0. The number of fused-ring (bicyclic) bond motifs is 3. The molecular formula is C51H48Cl2Hf-2. The first kappa shape index (κ1) is 42.7. The number of allylic oxidation sites excluding steroid dienone is 4. The van der Waals surface area contributed by atoms with Crippen molar-refractivity contribution in [2.24, 2.45) is 0 Å². The molecule has 0 spiro atoms. The average Bonchev–Trinajstić information content (AvgIpc) is 3.86. The first-order chi connectivity index (χ1) is 25.0. The Hall–Kier alpha value is -4.01. The Morgan fingerprint density at radius 3 is 1.20 bits per heavy atom. The van der Waals surface area contributed by atoms with Crippen LogP contribution in [0.1, 0.15) is 70.2 Å². The van der Waals surface area contributed by atoms with E-state index in [0.29, 0.717) is 0 Å². The van der Waals surface area contributed by atoms with Crippen molar-refractivity contribution < 1.29 is 48.7 Å². The Labute approximate surface area is 350 Å². The third-order valence-corrected chi connectivity index (χ3v) is 11.6. The van der Waals surface area contributed by atoms with Crippen LogP contribution in [0.3, 0.4) is 0 Å². The van der Waals surface area contributed by atoms with E-state index in [-0.39, 0.29) is 35.6 Å². The van der Waals surface area contributed by atoms with Gasteiger partial charge in [0.25, 0.3) is 0 Å². The standard InChI is InChI=1S/C33H33.C13H10.C5H5.2ClH.Hf/c1-32(2,3)30-20-26-24(18-28(30)22-13-9-7-10-14-22)17-25-19-29(23-15-11-8-12-16-23)31(21-27(25)26)33(4,5)6;1-3-7-12(8-4-1)11-13-9-5-2-6-10-13;1-2-4-5-3-1;;;/h7-21H,1-6H3;1-10H;1-3H,4H2;2*1H;/q-1;;-1;;;+2/p-2. The van der Waals surface area contributed by atoms with Gasteiger partial charge in [0.05, 0.1) is 0 Å². The maximum atomic E-state index is 2.99. The SMILES string of the molecule is CC(C)(C)c1cc2c(cc1-c1ccccc1)[cH-]c1cc(-c3ccccc3)c(C(C)(C)C)cc12.[C-]1=CC=CC1.[Cl-].[Cl-].[Hf+2]=[C](c1ccccc1)c1ccccc1. The van der Waals surface area contributed by atoms with Crippen LogP contribution in [0.5, 0.6) is 0 Å². The molecule has 0 amide bonds. The van der Waals surface area contributed by atoms with Gasteiger partial charge in [-0.1, -0.05) is 114 Å². The summed E-state index contributed by atoms with van der Waals surface area (Å²) in [6.07, 6.45) is 10.0. The molecule has 0 atom stereocenters. The van der Waals surface area contributed by atoms with E-state index in [9.17, 15) is 0 Å². The van der Waals surface area contributed by atoms with E-state index in [4.69, 9.17) is 0 Å². The van der Waals surface area contributed by atoms with E-state index in [0.717, 1.165) is 30.3 Å². The van der Waals surface area contributed by atoms with Crippen LogP contribution in [-0.2, 0) is 34.7 Å². The molecule has 3 heteroatoms. The van der Waals surface area contributed by atoms with Crippen molar-refractivity contribution >= 4 is 24.8 Å². The number of hydrogen-bond donors (Lipinski definition) is 0. The molecule has 0 saturated heterocycles. The number of halogens is 2. The van der Waals surface area contributed by atoms with Gasteiger partial charge in [0.1, 0.15) is 0 Å². The van der Waals surface area contributed by atoms with Gasteiger partial charge in [0, 0.05) is 0 Å². The van der Waals surface area contributed by atoms with Gasteiger partial charge in [-0.2, -0.15) is 6.08 Å². The first-order valence-corrected chi connectivity index (χ1v) is 20.0. The summed E-state index contributed by atoms with van der Waals surface area (Å²) in [7, 11) is 0. The van der Waals surface area contributed by atoms with Gasteiger partial charge in [-0.15, -0.1) is 46.2 Å². The van der Waals surface area contributed by atoms with E-state index in [1.54, 1.807) is 0 Å². The predicted octanol–water partition coefficient (Wildman–Crippen LogP) is 7.76. The molecule has 0 aromatic heterocycles. The van der Waals surface area contributed by atoms with E-state index >= 15 is 0 Å². The third-order valence-electron chi connectivity index (χ3n) is 9.48. The topological polar surface area (TPSA) is 0 Å². The quantitative estimate of drug-likeness (QED) is 0.125. The Balaban J connectivity index is 0.000000255. The van der Waals surface area contributed by atoms with Crippen molar-refractivity contribution in [2.45, 2.75) is 58.8 Å². The molecule has 7 aromatic rings. The van der Waals surface area contributed by atoms with E-state index in [1.807, 2.05) is 12.2 Å². The van der Waals surface area contributed by atoms with Gasteiger partial charge in [-0.25, -0.2) is 12.2 Å². The van der Waals surface area contributed by atoms with Gasteiger partial charge < -0.3 is 24.8 Å². The summed E-state index contributed by atoms with van der Waals surface area (Å²) in [5, 5.41) is 5.36. The van der Waals surface area contributed by atoms with E-state index in [2.05, 4.69) is 205 Å². The summed E-state index contributed by atoms with van der Waals surface area (Å²) in [6, 6.07) is 54.9. The predicted molar refractivity (Wildman–Crippen MR) is 223 cm³/mol. The van der Waals surface area contributed by atoms with Crippen LogP contribution in [0.2, 0.25) is 0 Å². The molecule has 0 N–H and O–H groups in total. The molecule has 272 valence electrons.